The van der Waals surface area contributed by atoms with Crippen LogP contribution in [0.2, 0.25) is 0 Å². The first kappa shape index (κ1) is 21.4. The number of amides is 2. The first-order chi connectivity index (χ1) is 13.5. The van der Waals surface area contributed by atoms with E-state index in [1.165, 1.54) is 13.1 Å². The standard InChI is InChI=1S/C20H26N2O6/c1-3-11-27-18(23)14-17(19(24)22-9-12-26-13-10-22)21(2)20(25)28-15-16-7-5-4-6-8-16/h3-8,17H,1,9-15H2,2H3. The van der Waals surface area contributed by atoms with Gasteiger partial charge in [0.25, 0.3) is 0 Å². The highest BCUT2D eigenvalue weighted by atomic mass is 16.6. The summed E-state index contributed by atoms with van der Waals surface area (Å²) in [6.45, 7) is 5.25. The topological polar surface area (TPSA) is 85.4 Å². The van der Waals surface area contributed by atoms with Crippen molar-refractivity contribution < 1.29 is 28.6 Å². The summed E-state index contributed by atoms with van der Waals surface area (Å²) in [7, 11) is 1.44. The highest BCUT2D eigenvalue weighted by Crippen LogP contribution is 2.13. The molecule has 1 aliphatic heterocycles. The molecule has 0 radical (unpaired) electrons. The second-order valence-electron chi connectivity index (χ2n) is 6.28. The van der Waals surface area contributed by atoms with Crippen molar-refractivity contribution in [1.29, 1.82) is 0 Å². The number of morpholine rings is 1. The zero-order valence-electron chi connectivity index (χ0n) is 16.0. The van der Waals surface area contributed by atoms with Gasteiger partial charge < -0.3 is 19.1 Å². The molecule has 1 unspecified atom stereocenters. The molecule has 28 heavy (non-hydrogen) atoms. The van der Waals surface area contributed by atoms with Crippen LogP contribution in [0.1, 0.15) is 12.0 Å². The fourth-order valence-corrected chi connectivity index (χ4v) is 2.70. The molecule has 2 rings (SSSR count). The third kappa shape index (κ3) is 6.38. The zero-order valence-corrected chi connectivity index (χ0v) is 16.0. The molecule has 8 nitrogen and oxygen atoms in total. The predicted octanol–water partition coefficient (Wildman–Crippen LogP) is 1.60. The Bertz CT molecular complexity index is 673. The third-order valence-electron chi connectivity index (χ3n) is 4.29. The van der Waals surface area contributed by atoms with E-state index in [4.69, 9.17) is 14.2 Å². The van der Waals surface area contributed by atoms with Crippen LogP contribution in [0.25, 0.3) is 0 Å². The minimum absolute atomic E-state index is 0.0411. The molecule has 8 heteroatoms. The fourth-order valence-electron chi connectivity index (χ4n) is 2.70. The summed E-state index contributed by atoms with van der Waals surface area (Å²) < 4.78 is 15.5. The number of carbonyl (C=O) groups excluding carboxylic acids is 3. The summed E-state index contributed by atoms with van der Waals surface area (Å²) in [5, 5.41) is 0. The number of rotatable bonds is 8. The fraction of sp³-hybridized carbons (Fsp3) is 0.450. The Labute approximate surface area is 164 Å². The van der Waals surface area contributed by atoms with Crippen LogP contribution in [0.5, 0.6) is 0 Å². The first-order valence-corrected chi connectivity index (χ1v) is 9.09. The SMILES string of the molecule is C=CCOC(=O)CC(C(=O)N1CCOCC1)N(C)C(=O)OCc1ccccc1. The molecule has 0 aliphatic carbocycles. The van der Waals surface area contributed by atoms with Crippen LogP contribution in [0.4, 0.5) is 4.79 Å². The van der Waals surface area contributed by atoms with Crippen LogP contribution in [0.3, 0.4) is 0 Å². The molecule has 152 valence electrons. The van der Waals surface area contributed by atoms with Gasteiger partial charge in [0, 0.05) is 20.1 Å². The summed E-state index contributed by atoms with van der Waals surface area (Å²) >= 11 is 0. The summed E-state index contributed by atoms with van der Waals surface area (Å²) in [6.07, 6.45) is 0.488. The van der Waals surface area contributed by atoms with Gasteiger partial charge >= 0.3 is 12.1 Å². The van der Waals surface area contributed by atoms with Crippen LogP contribution in [-0.2, 0) is 30.4 Å². The molecular formula is C20H26N2O6. The Kier molecular flexibility index (Phi) is 8.48. The molecule has 0 N–H and O–H groups in total. The van der Waals surface area contributed by atoms with Gasteiger partial charge in [0.1, 0.15) is 19.3 Å². The van der Waals surface area contributed by atoms with Crippen molar-refractivity contribution in [3.05, 3.63) is 48.6 Å². The number of hydrogen-bond donors (Lipinski definition) is 0. The molecule has 1 aliphatic rings. The molecule has 1 heterocycles. The minimum atomic E-state index is -1.02. The van der Waals surface area contributed by atoms with Crippen molar-refractivity contribution in [2.45, 2.75) is 19.1 Å². The zero-order chi connectivity index (χ0) is 20.4. The molecule has 1 saturated heterocycles. The average molecular weight is 390 g/mol. The summed E-state index contributed by atoms with van der Waals surface area (Å²) in [6, 6.07) is 8.19. The lowest BCUT2D eigenvalue weighted by Gasteiger charge is -2.33. The summed E-state index contributed by atoms with van der Waals surface area (Å²) in [5.74, 6) is -0.924. The highest BCUT2D eigenvalue weighted by Gasteiger charge is 2.34. The van der Waals surface area contributed by atoms with Gasteiger partial charge in [0.2, 0.25) is 5.91 Å². The molecule has 0 saturated carbocycles. The van der Waals surface area contributed by atoms with E-state index in [-0.39, 0.29) is 25.5 Å². The second kappa shape index (κ2) is 11.1. The molecule has 0 aromatic heterocycles. The van der Waals surface area contributed by atoms with Gasteiger partial charge in [-0.05, 0) is 5.56 Å². The van der Waals surface area contributed by atoms with Gasteiger partial charge in [-0.15, -0.1) is 0 Å². The van der Waals surface area contributed by atoms with Crippen LogP contribution >= 0.6 is 0 Å². The van der Waals surface area contributed by atoms with E-state index in [1.54, 1.807) is 4.90 Å². The third-order valence-corrected chi connectivity index (χ3v) is 4.29. The largest absolute Gasteiger partial charge is 0.461 e. The van der Waals surface area contributed by atoms with Crippen LogP contribution < -0.4 is 0 Å². The molecule has 0 spiro atoms. The maximum Gasteiger partial charge on any atom is 0.410 e. The van der Waals surface area contributed by atoms with E-state index < -0.39 is 18.1 Å². The smallest absolute Gasteiger partial charge is 0.410 e. The normalized spacial score (nSPS) is 14.7. The van der Waals surface area contributed by atoms with E-state index in [2.05, 4.69) is 6.58 Å². The predicted molar refractivity (Wildman–Crippen MR) is 101 cm³/mol. The quantitative estimate of drug-likeness (QED) is 0.495. The summed E-state index contributed by atoms with van der Waals surface area (Å²) in [5.41, 5.74) is 0.825. The monoisotopic (exact) mass is 390 g/mol. The van der Waals surface area contributed by atoms with E-state index in [0.717, 1.165) is 10.5 Å². The Hall–Kier alpha value is -2.87. The van der Waals surface area contributed by atoms with Crippen LogP contribution in [-0.4, -0.2) is 73.8 Å². The van der Waals surface area contributed by atoms with Gasteiger partial charge in [-0.1, -0.05) is 43.0 Å². The number of nitrogens with zero attached hydrogens (tertiary/aromatic N) is 2. The maximum absolute atomic E-state index is 12.9. The highest BCUT2D eigenvalue weighted by molar-refractivity contribution is 5.89. The minimum Gasteiger partial charge on any atom is -0.461 e. The van der Waals surface area contributed by atoms with Gasteiger partial charge in [-0.2, -0.15) is 0 Å². The van der Waals surface area contributed by atoms with Gasteiger partial charge in [-0.25, -0.2) is 4.79 Å². The molecule has 2 amide bonds. The van der Waals surface area contributed by atoms with Gasteiger partial charge in [0.15, 0.2) is 0 Å². The van der Waals surface area contributed by atoms with Crippen molar-refractivity contribution in [3.8, 4) is 0 Å². The summed E-state index contributed by atoms with van der Waals surface area (Å²) in [4.78, 5) is 40.2. The number of likely N-dealkylation sites (N-methyl/N-ethyl adjacent to an activating group) is 1. The Morgan fingerprint density at radius 3 is 2.54 bits per heavy atom. The van der Waals surface area contributed by atoms with Crippen LogP contribution in [0, 0.1) is 0 Å². The van der Waals surface area contributed by atoms with E-state index in [9.17, 15) is 14.4 Å². The number of benzene rings is 1. The van der Waals surface area contributed by atoms with E-state index in [0.29, 0.717) is 26.3 Å². The van der Waals surface area contributed by atoms with Crippen molar-refractivity contribution >= 4 is 18.0 Å². The van der Waals surface area contributed by atoms with E-state index in [1.807, 2.05) is 30.3 Å². The molecule has 1 fully saturated rings. The maximum atomic E-state index is 12.9. The molecule has 1 atom stereocenters. The van der Waals surface area contributed by atoms with Crippen molar-refractivity contribution in [2.24, 2.45) is 0 Å². The molecule has 0 bridgehead atoms. The number of hydrogen-bond acceptors (Lipinski definition) is 6. The van der Waals surface area contributed by atoms with Crippen molar-refractivity contribution in [3.63, 3.8) is 0 Å². The van der Waals surface area contributed by atoms with Gasteiger partial charge in [-0.3, -0.25) is 14.5 Å². The number of esters is 1. The Morgan fingerprint density at radius 1 is 1.21 bits per heavy atom. The average Bonchev–Trinajstić information content (AvgIpc) is 2.74. The molecule has 1 aromatic carbocycles. The second-order valence-corrected chi connectivity index (χ2v) is 6.28. The lowest BCUT2D eigenvalue weighted by atomic mass is 10.1. The number of ether oxygens (including phenoxy) is 3. The van der Waals surface area contributed by atoms with Crippen molar-refractivity contribution in [2.75, 3.05) is 40.0 Å². The number of carbonyl (C=O) groups is 3. The first-order valence-electron chi connectivity index (χ1n) is 9.09. The lowest BCUT2D eigenvalue weighted by molar-refractivity contribution is -0.149. The molecular weight excluding hydrogens is 364 g/mol. The Balaban J connectivity index is 2.04. The molecule has 1 aromatic rings. The van der Waals surface area contributed by atoms with E-state index >= 15 is 0 Å². The lowest BCUT2D eigenvalue weighted by Crippen LogP contribution is -2.53. The van der Waals surface area contributed by atoms with Gasteiger partial charge in [0.05, 0.1) is 19.6 Å². The van der Waals surface area contributed by atoms with Crippen molar-refractivity contribution in [1.82, 2.24) is 9.80 Å². The van der Waals surface area contributed by atoms with Crippen LogP contribution in [0.15, 0.2) is 43.0 Å². The Morgan fingerprint density at radius 2 is 1.89 bits per heavy atom.